The first-order valence-electron chi connectivity index (χ1n) is 4.95. The fraction of sp³-hybridized carbons (Fsp3) is 0.455. The molecule has 74 valence electrons. The van der Waals surface area contributed by atoms with Gasteiger partial charge in [0.1, 0.15) is 5.69 Å². The lowest BCUT2D eigenvalue weighted by molar-refractivity contribution is 0.111. The van der Waals surface area contributed by atoms with Crippen LogP contribution in [0.3, 0.4) is 0 Å². The van der Waals surface area contributed by atoms with Crippen LogP contribution in [-0.2, 0) is 5.54 Å². The Hall–Kier alpha value is -1.22. The van der Waals surface area contributed by atoms with Crippen LogP contribution in [0.2, 0.25) is 0 Å². The molecule has 2 N–H and O–H groups in total. The van der Waals surface area contributed by atoms with Crippen molar-refractivity contribution in [1.29, 1.82) is 0 Å². The van der Waals surface area contributed by atoms with E-state index in [1.165, 1.54) is 12.8 Å². The van der Waals surface area contributed by atoms with Gasteiger partial charge in [-0.2, -0.15) is 0 Å². The summed E-state index contributed by atoms with van der Waals surface area (Å²) >= 11 is 0. The number of aromatic nitrogens is 1. The normalized spacial score (nSPS) is 19.5. The number of aldehydes is 1. The molecule has 0 saturated heterocycles. The molecule has 14 heavy (non-hydrogen) atoms. The zero-order chi connectivity index (χ0) is 10.0. The van der Waals surface area contributed by atoms with E-state index in [2.05, 4.69) is 4.98 Å². The molecule has 1 aromatic rings. The Labute approximate surface area is 83.3 Å². The first-order chi connectivity index (χ1) is 6.74. The molecule has 3 nitrogen and oxygen atoms in total. The van der Waals surface area contributed by atoms with Crippen LogP contribution in [0.1, 0.15) is 41.7 Å². The molecule has 1 aliphatic rings. The highest BCUT2D eigenvalue weighted by molar-refractivity contribution is 5.72. The summed E-state index contributed by atoms with van der Waals surface area (Å²) in [4.78, 5) is 14.5. The molecule has 1 aromatic heterocycles. The van der Waals surface area contributed by atoms with Gasteiger partial charge in [-0.3, -0.25) is 9.78 Å². The van der Waals surface area contributed by atoms with E-state index in [0.717, 1.165) is 24.7 Å². The Bertz CT molecular complexity index is 343. The molecule has 0 unspecified atom stereocenters. The van der Waals surface area contributed by atoms with Crippen LogP contribution in [0.25, 0.3) is 0 Å². The molecule has 3 heteroatoms. The topological polar surface area (TPSA) is 56.0 Å². The van der Waals surface area contributed by atoms with Gasteiger partial charge in [-0.05, 0) is 30.5 Å². The molecule has 0 bridgehead atoms. The molecule has 0 spiro atoms. The monoisotopic (exact) mass is 190 g/mol. The maximum atomic E-state index is 10.6. The predicted octanol–water partition coefficient (Wildman–Crippen LogP) is 1.62. The summed E-state index contributed by atoms with van der Waals surface area (Å²) in [5.74, 6) is 0. The molecule has 0 amide bonds. The maximum Gasteiger partial charge on any atom is 0.168 e. The van der Waals surface area contributed by atoms with Gasteiger partial charge in [0.2, 0.25) is 0 Å². The minimum Gasteiger partial charge on any atom is -0.321 e. The van der Waals surface area contributed by atoms with Crippen molar-refractivity contribution in [2.24, 2.45) is 5.73 Å². The van der Waals surface area contributed by atoms with E-state index >= 15 is 0 Å². The SMILES string of the molecule is NC1(c2ccnc(C=O)c2)CCCC1. The summed E-state index contributed by atoms with van der Waals surface area (Å²) in [6.07, 6.45) is 6.79. The van der Waals surface area contributed by atoms with Crippen LogP contribution < -0.4 is 5.73 Å². The molecule has 0 atom stereocenters. The van der Waals surface area contributed by atoms with Crippen LogP contribution in [0.15, 0.2) is 18.3 Å². The summed E-state index contributed by atoms with van der Waals surface area (Å²) in [5, 5.41) is 0. The van der Waals surface area contributed by atoms with Gasteiger partial charge < -0.3 is 5.73 Å². The van der Waals surface area contributed by atoms with Gasteiger partial charge in [-0.1, -0.05) is 12.8 Å². The highest BCUT2D eigenvalue weighted by Crippen LogP contribution is 2.35. The third-order valence-corrected chi connectivity index (χ3v) is 2.97. The number of hydrogen-bond acceptors (Lipinski definition) is 3. The van der Waals surface area contributed by atoms with Gasteiger partial charge in [0, 0.05) is 11.7 Å². The lowest BCUT2D eigenvalue weighted by Crippen LogP contribution is -2.33. The van der Waals surface area contributed by atoms with Crippen molar-refractivity contribution < 1.29 is 4.79 Å². The lowest BCUT2D eigenvalue weighted by Gasteiger charge is -2.23. The second-order valence-electron chi connectivity index (χ2n) is 3.95. The third kappa shape index (κ3) is 1.55. The van der Waals surface area contributed by atoms with Crippen molar-refractivity contribution in [3.63, 3.8) is 0 Å². The summed E-state index contributed by atoms with van der Waals surface area (Å²) in [5.41, 5.74) is 7.56. The van der Waals surface area contributed by atoms with Crippen LogP contribution in [0, 0.1) is 0 Å². The van der Waals surface area contributed by atoms with Crippen molar-refractivity contribution in [3.05, 3.63) is 29.6 Å². The molecule has 2 rings (SSSR count). The third-order valence-electron chi connectivity index (χ3n) is 2.97. The molecule has 1 aliphatic carbocycles. The summed E-state index contributed by atoms with van der Waals surface area (Å²) in [6.45, 7) is 0. The van der Waals surface area contributed by atoms with Crippen molar-refractivity contribution in [2.45, 2.75) is 31.2 Å². The summed E-state index contributed by atoms with van der Waals surface area (Å²) in [6, 6.07) is 3.72. The fourth-order valence-corrected chi connectivity index (χ4v) is 2.12. The van der Waals surface area contributed by atoms with Gasteiger partial charge in [-0.25, -0.2) is 0 Å². The average molecular weight is 190 g/mol. The van der Waals surface area contributed by atoms with E-state index in [-0.39, 0.29) is 5.54 Å². The van der Waals surface area contributed by atoms with E-state index < -0.39 is 0 Å². The van der Waals surface area contributed by atoms with Crippen LogP contribution in [0.4, 0.5) is 0 Å². The summed E-state index contributed by atoms with van der Waals surface area (Å²) < 4.78 is 0. The second kappa shape index (κ2) is 3.50. The Morgan fingerprint density at radius 1 is 1.43 bits per heavy atom. The van der Waals surface area contributed by atoms with Gasteiger partial charge in [0.15, 0.2) is 6.29 Å². The Kier molecular flexibility index (Phi) is 2.33. The molecule has 0 radical (unpaired) electrons. The number of nitrogens with zero attached hydrogens (tertiary/aromatic N) is 1. The number of nitrogens with two attached hydrogens (primary N) is 1. The minimum atomic E-state index is -0.222. The molecule has 1 fully saturated rings. The van der Waals surface area contributed by atoms with Crippen molar-refractivity contribution >= 4 is 6.29 Å². The number of carbonyl (C=O) groups excluding carboxylic acids is 1. The van der Waals surface area contributed by atoms with E-state index in [9.17, 15) is 4.79 Å². The van der Waals surface area contributed by atoms with Crippen molar-refractivity contribution in [3.8, 4) is 0 Å². The lowest BCUT2D eigenvalue weighted by atomic mass is 9.90. The smallest absolute Gasteiger partial charge is 0.168 e. The largest absolute Gasteiger partial charge is 0.321 e. The minimum absolute atomic E-state index is 0.222. The summed E-state index contributed by atoms with van der Waals surface area (Å²) in [7, 11) is 0. The van der Waals surface area contributed by atoms with Crippen molar-refractivity contribution in [1.82, 2.24) is 4.98 Å². The predicted molar refractivity (Wildman–Crippen MR) is 54.0 cm³/mol. The van der Waals surface area contributed by atoms with Gasteiger partial charge in [0.05, 0.1) is 0 Å². The highest BCUT2D eigenvalue weighted by atomic mass is 16.1. The Balaban J connectivity index is 2.35. The average Bonchev–Trinajstić information content (AvgIpc) is 2.67. The van der Waals surface area contributed by atoms with Crippen LogP contribution in [0.5, 0.6) is 0 Å². The number of hydrogen-bond donors (Lipinski definition) is 1. The molecule has 0 aromatic carbocycles. The number of carbonyl (C=O) groups is 1. The van der Waals surface area contributed by atoms with E-state index in [4.69, 9.17) is 5.73 Å². The van der Waals surface area contributed by atoms with Crippen molar-refractivity contribution in [2.75, 3.05) is 0 Å². The first kappa shape index (κ1) is 9.34. The first-order valence-corrected chi connectivity index (χ1v) is 4.95. The number of pyridine rings is 1. The van der Waals surface area contributed by atoms with Gasteiger partial charge in [0.25, 0.3) is 0 Å². The van der Waals surface area contributed by atoms with E-state index in [0.29, 0.717) is 5.69 Å². The van der Waals surface area contributed by atoms with Crippen LogP contribution in [-0.4, -0.2) is 11.3 Å². The zero-order valence-electron chi connectivity index (χ0n) is 8.07. The Morgan fingerprint density at radius 2 is 2.14 bits per heavy atom. The Morgan fingerprint density at radius 3 is 2.79 bits per heavy atom. The highest BCUT2D eigenvalue weighted by Gasteiger charge is 2.31. The quantitative estimate of drug-likeness (QED) is 0.721. The fourth-order valence-electron chi connectivity index (χ4n) is 2.12. The van der Waals surface area contributed by atoms with Gasteiger partial charge >= 0.3 is 0 Å². The molecule has 0 aliphatic heterocycles. The molecule has 1 saturated carbocycles. The second-order valence-corrected chi connectivity index (χ2v) is 3.95. The molecular weight excluding hydrogens is 176 g/mol. The van der Waals surface area contributed by atoms with Crippen LogP contribution >= 0.6 is 0 Å². The molecular formula is C11H14N2O. The standard InChI is InChI=1S/C11H14N2O/c12-11(4-1-2-5-11)9-3-6-13-10(7-9)8-14/h3,6-8H,1-2,4-5,12H2. The zero-order valence-corrected chi connectivity index (χ0v) is 8.07. The number of rotatable bonds is 2. The van der Waals surface area contributed by atoms with Gasteiger partial charge in [-0.15, -0.1) is 0 Å². The van der Waals surface area contributed by atoms with E-state index in [1.807, 2.05) is 6.07 Å². The van der Waals surface area contributed by atoms with E-state index in [1.54, 1.807) is 12.3 Å². The molecule has 1 heterocycles. The maximum absolute atomic E-state index is 10.6.